The van der Waals surface area contributed by atoms with E-state index in [1.165, 1.54) is 23.4 Å². The summed E-state index contributed by atoms with van der Waals surface area (Å²) < 4.78 is 0. The van der Waals surface area contributed by atoms with E-state index in [0.717, 1.165) is 12.8 Å². The molecular weight excluding hydrogens is 206 g/mol. The summed E-state index contributed by atoms with van der Waals surface area (Å²) >= 11 is 0. The van der Waals surface area contributed by atoms with Crippen LogP contribution in [0.25, 0.3) is 0 Å². The van der Waals surface area contributed by atoms with Crippen molar-refractivity contribution in [3.63, 3.8) is 0 Å². The second kappa shape index (κ2) is 4.62. The molecule has 1 aliphatic rings. The van der Waals surface area contributed by atoms with Gasteiger partial charge in [0.1, 0.15) is 0 Å². The van der Waals surface area contributed by atoms with Crippen molar-refractivity contribution in [3.8, 4) is 0 Å². The van der Waals surface area contributed by atoms with Crippen LogP contribution in [0.1, 0.15) is 18.4 Å². The van der Waals surface area contributed by atoms with Crippen LogP contribution in [0.4, 0.5) is 11.4 Å². The molecule has 0 spiro atoms. The van der Waals surface area contributed by atoms with Gasteiger partial charge in [0, 0.05) is 11.4 Å². The maximum Gasteiger partial charge on any atom is 0.0968 e. The van der Waals surface area contributed by atoms with Gasteiger partial charge in [-0.05, 0) is 43.0 Å². The molecule has 0 bridgehead atoms. The first kappa shape index (κ1) is 10.4. The maximum atomic E-state index is 3.49. The minimum Gasteiger partial charge on any atom is -0.330 e. The summed E-state index contributed by atoms with van der Waals surface area (Å²) in [5.41, 5.74) is 3.89. The number of nitrogens with zero attached hydrogens (tertiary/aromatic N) is 1. The number of fused-ring (bicyclic) bond motifs is 1. The van der Waals surface area contributed by atoms with Gasteiger partial charge < -0.3 is 4.90 Å². The fraction of sp³-hybridized carbons (Fsp3) is 0.188. The minimum atomic E-state index is 1.02. The molecule has 0 amide bonds. The Balaban J connectivity index is 2.06. The summed E-state index contributed by atoms with van der Waals surface area (Å²) in [6, 6.07) is 19.1. The van der Waals surface area contributed by atoms with Crippen LogP contribution in [-0.4, -0.2) is 0 Å². The maximum absolute atomic E-state index is 3.49. The lowest BCUT2D eigenvalue weighted by Crippen LogP contribution is -2.12. The molecule has 2 aromatic rings. The van der Waals surface area contributed by atoms with Gasteiger partial charge in [-0.15, -0.1) is 0 Å². The largest absolute Gasteiger partial charge is 0.330 e. The van der Waals surface area contributed by atoms with E-state index >= 15 is 0 Å². The average molecular weight is 221 g/mol. The van der Waals surface area contributed by atoms with E-state index in [1.807, 2.05) is 6.07 Å². The van der Waals surface area contributed by atoms with Crippen LogP contribution >= 0.6 is 0 Å². The van der Waals surface area contributed by atoms with Crippen molar-refractivity contribution < 1.29 is 0 Å². The first-order chi connectivity index (χ1) is 8.45. The van der Waals surface area contributed by atoms with E-state index < -0.39 is 0 Å². The molecule has 0 atom stereocenters. The SMILES string of the molecule is [C]1CCCc2ccccc2N1c1ccccc1. The van der Waals surface area contributed by atoms with E-state index in [-0.39, 0.29) is 0 Å². The fourth-order valence-corrected chi connectivity index (χ4v) is 2.30. The van der Waals surface area contributed by atoms with Gasteiger partial charge in [-0.1, -0.05) is 36.4 Å². The van der Waals surface area contributed by atoms with Gasteiger partial charge in [0.2, 0.25) is 0 Å². The van der Waals surface area contributed by atoms with Crippen molar-refractivity contribution in [2.75, 3.05) is 4.90 Å². The normalized spacial score (nSPS) is 15.2. The minimum absolute atomic E-state index is 1.02. The summed E-state index contributed by atoms with van der Waals surface area (Å²) in [6.45, 7) is 3.49. The Morgan fingerprint density at radius 1 is 0.882 bits per heavy atom. The molecule has 0 aromatic heterocycles. The van der Waals surface area contributed by atoms with Crippen LogP contribution in [0, 0.1) is 6.54 Å². The van der Waals surface area contributed by atoms with Crippen LogP contribution < -0.4 is 4.90 Å². The van der Waals surface area contributed by atoms with Crippen molar-refractivity contribution in [1.29, 1.82) is 0 Å². The third-order valence-electron chi connectivity index (χ3n) is 3.14. The Hall–Kier alpha value is -1.76. The van der Waals surface area contributed by atoms with Crippen LogP contribution in [0.3, 0.4) is 0 Å². The molecule has 3 rings (SSSR count). The van der Waals surface area contributed by atoms with Gasteiger partial charge >= 0.3 is 0 Å². The number of aryl methyl sites for hydroxylation is 1. The third kappa shape index (κ3) is 2.05. The summed E-state index contributed by atoms with van der Waals surface area (Å²) in [5.74, 6) is 0. The first-order valence-corrected chi connectivity index (χ1v) is 6.12. The van der Waals surface area contributed by atoms with Crippen molar-refractivity contribution >= 4 is 11.4 Å². The predicted octanol–water partition coefficient (Wildman–Crippen LogP) is 4.20. The van der Waals surface area contributed by atoms with E-state index in [4.69, 9.17) is 0 Å². The van der Waals surface area contributed by atoms with Crippen molar-refractivity contribution in [1.82, 2.24) is 0 Å². The number of hydrogen-bond acceptors (Lipinski definition) is 1. The molecule has 1 nitrogen and oxygen atoms in total. The van der Waals surface area contributed by atoms with Gasteiger partial charge in [0.15, 0.2) is 0 Å². The van der Waals surface area contributed by atoms with E-state index in [1.54, 1.807) is 0 Å². The Morgan fingerprint density at radius 2 is 1.65 bits per heavy atom. The van der Waals surface area contributed by atoms with Crippen molar-refractivity contribution in [2.24, 2.45) is 0 Å². The lowest BCUT2D eigenvalue weighted by molar-refractivity contribution is 0.820. The predicted molar refractivity (Wildman–Crippen MR) is 71.2 cm³/mol. The molecule has 0 N–H and O–H groups in total. The first-order valence-electron chi connectivity index (χ1n) is 6.12. The van der Waals surface area contributed by atoms with Crippen LogP contribution in [0.15, 0.2) is 54.6 Å². The highest BCUT2D eigenvalue weighted by Crippen LogP contribution is 2.33. The van der Waals surface area contributed by atoms with E-state index in [2.05, 4.69) is 60.0 Å². The molecule has 0 saturated carbocycles. The smallest absolute Gasteiger partial charge is 0.0968 e. The Kier molecular flexibility index (Phi) is 2.83. The Bertz CT molecular complexity index is 490. The zero-order valence-corrected chi connectivity index (χ0v) is 9.76. The second-order valence-corrected chi connectivity index (χ2v) is 4.31. The summed E-state index contributed by atoms with van der Waals surface area (Å²) in [4.78, 5) is 2.20. The van der Waals surface area contributed by atoms with Gasteiger partial charge in [0.05, 0.1) is 6.54 Å². The standard InChI is InChI=1S/C16H15N/c1-2-10-15(11-3-1)17-13-7-6-9-14-8-4-5-12-16(14)17/h1-5,8,10-12H,6-7,9H2. The van der Waals surface area contributed by atoms with Crippen LogP contribution in [0.5, 0.6) is 0 Å². The molecule has 0 fully saturated rings. The number of anilines is 2. The van der Waals surface area contributed by atoms with Gasteiger partial charge in [-0.3, -0.25) is 0 Å². The van der Waals surface area contributed by atoms with Crippen LogP contribution in [0.2, 0.25) is 0 Å². The Morgan fingerprint density at radius 3 is 2.53 bits per heavy atom. The number of hydrogen-bond donors (Lipinski definition) is 0. The van der Waals surface area contributed by atoms with Crippen molar-refractivity contribution in [2.45, 2.75) is 19.3 Å². The number of rotatable bonds is 1. The number of benzene rings is 2. The lowest BCUT2D eigenvalue weighted by Gasteiger charge is -2.23. The highest BCUT2D eigenvalue weighted by atomic mass is 15.1. The lowest BCUT2D eigenvalue weighted by atomic mass is 10.1. The highest BCUT2D eigenvalue weighted by molar-refractivity contribution is 5.68. The number of para-hydroxylation sites is 2. The molecule has 1 heterocycles. The zero-order valence-electron chi connectivity index (χ0n) is 9.76. The molecule has 0 unspecified atom stereocenters. The van der Waals surface area contributed by atoms with E-state index in [9.17, 15) is 0 Å². The average Bonchev–Trinajstić information content (AvgIpc) is 2.62. The molecule has 17 heavy (non-hydrogen) atoms. The van der Waals surface area contributed by atoms with Crippen molar-refractivity contribution in [3.05, 3.63) is 66.7 Å². The topological polar surface area (TPSA) is 3.24 Å². The van der Waals surface area contributed by atoms with E-state index in [0.29, 0.717) is 0 Å². The van der Waals surface area contributed by atoms with Crippen LogP contribution in [-0.2, 0) is 6.42 Å². The van der Waals surface area contributed by atoms with Gasteiger partial charge in [-0.25, -0.2) is 0 Å². The van der Waals surface area contributed by atoms with Gasteiger partial charge in [-0.2, -0.15) is 0 Å². The second-order valence-electron chi connectivity index (χ2n) is 4.31. The quantitative estimate of drug-likeness (QED) is 0.697. The summed E-state index contributed by atoms with van der Waals surface area (Å²) in [6.07, 6.45) is 3.34. The summed E-state index contributed by atoms with van der Waals surface area (Å²) in [7, 11) is 0. The molecule has 1 aliphatic heterocycles. The fourth-order valence-electron chi connectivity index (χ4n) is 2.30. The molecule has 2 aromatic carbocycles. The molecule has 84 valence electrons. The zero-order chi connectivity index (χ0) is 11.5. The monoisotopic (exact) mass is 221 g/mol. The molecular formula is C16H15N. The Labute approximate surface area is 103 Å². The third-order valence-corrected chi connectivity index (χ3v) is 3.14. The molecule has 1 heteroatoms. The molecule has 0 aliphatic carbocycles. The molecule has 0 saturated heterocycles. The highest BCUT2D eigenvalue weighted by Gasteiger charge is 2.16. The summed E-state index contributed by atoms with van der Waals surface area (Å²) in [5, 5.41) is 0. The molecule has 2 radical (unpaired) electrons. The van der Waals surface area contributed by atoms with Gasteiger partial charge in [0.25, 0.3) is 0 Å².